The maximum absolute atomic E-state index is 11.6. The molecule has 0 aliphatic rings. The maximum atomic E-state index is 11.6. The van der Waals surface area contributed by atoms with E-state index < -0.39 is 0 Å². The molecule has 0 aliphatic heterocycles. The van der Waals surface area contributed by atoms with Gasteiger partial charge < -0.3 is 0 Å². The Kier molecular flexibility index (Phi) is 2.76. The van der Waals surface area contributed by atoms with Gasteiger partial charge in [-0.3, -0.25) is 9.48 Å². The minimum absolute atomic E-state index is 0.0668. The van der Waals surface area contributed by atoms with Crippen molar-refractivity contribution in [3.05, 3.63) is 30.2 Å². The summed E-state index contributed by atoms with van der Waals surface area (Å²) < 4.78 is 1.57. The van der Waals surface area contributed by atoms with Gasteiger partial charge in [-0.1, -0.05) is 6.92 Å². The van der Waals surface area contributed by atoms with Gasteiger partial charge >= 0.3 is 0 Å². The second kappa shape index (κ2) is 4.22. The van der Waals surface area contributed by atoms with E-state index in [9.17, 15) is 4.79 Å². The Labute approximate surface area is 93.2 Å². The lowest BCUT2D eigenvalue weighted by Gasteiger charge is -1.95. The van der Waals surface area contributed by atoms with Crippen molar-refractivity contribution in [2.75, 3.05) is 0 Å². The van der Waals surface area contributed by atoms with Gasteiger partial charge in [0.1, 0.15) is 11.4 Å². The van der Waals surface area contributed by atoms with Crippen molar-refractivity contribution in [1.29, 1.82) is 0 Å². The lowest BCUT2D eigenvalue weighted by atomic mass is 10.2. The van der Waals surface area contributed by atoms with Gasteiger partial charge in [-0.05, 0) is 12.1 Å². The average Bonchev–Trinajstić information content (AvgIpc) is 2.71. The minimum atomic E-state index is 0.0668. The highest BCUT2D eigenvalue weighted by molar-refractivity contribution is 5.95. The molecule has 0 radical (unpaired) electrons. The molecule has 5 nitrogen and oxygen atoms in total. The van der Waals surface area contributed by atoms with Crippen molar-refractivity contribution in [2.45, 2.75) is 13.3 Å². The first-order chi connectivity index (χ1) is 7.72. The third kappa shape index (κ3) is 1.84. The van der Waals surface area contributed by atoms with Crippen LogP contribution in [0.5, 0.6) is 0 Å². The van der Waals surface area contributed by atoms with Crippen LogP contribution in [0.4, 0.5) is 0 Å². The third-order valence-corrected chi connectivity index (χ3v) is 2.28. The Morgan fingerprint density at radius 2 is 2.06 bits per heavy atom. The number of carbonyl (C=O) groups excluding carboxylic acids is 1. The fourth-order valence-corrected chi connectivity index (χ4v) is 1.45. The molecular weight excluding hydrogens is 204 g/mol. The Hall–Kier alpha value is -2.04. The topological polar surface area (TPSA) is 60.7 Å². The van der Waals surface area contributed by atoms with E-state index >= 15 is 0 Å². The van der Waals surface area contributed by atoms with Gasteiger partial charge in [0.2, 0.25) is 0 Å². The molecule has 0 aromatic carbocycles. The molecule has 0 bridgehead atoms. The summed E-state index contributed by atoms with van der Waals surface area (Å²) in [6.07, 6.45) is 3.77. The summed E-state index contributed by atoms with van der Waals surface area (Å²) in [5.74, 6) is 0.602. The van der Waals surface area contributed by atoms with Gasteiger partial charge in [-0.25, -0.2) is 9.97 Å². The smallest absolute Gasteiger partial charge is 0.180 e. The average molecular weight is 216 g/mol. The summed E-state index contributed by atoms with van der Waals surface area (Å²) in [6, 6.07) is 3.46. The van der Waals surface area contributed by atoms with Crippen molar-refractivity contribution in [3.63, 3.8) is 0 Å². The van der Waals surface area contributed by atoms with Gasteiger partial charge in [-0.2, -0.15) is 5.10 Å². The van der Waals surface area contributed by atoms with E-state index in [0.29, 0.717) is 23.6 Å². The summed E-state index contributed by atoms with van der Waals surface area (Å²) in [6.45, 7) is 1.83. The molecular formula is C11H12N4O. The molecule has 0 saturated carbocycles. The molecule has 0 amide bonds. The van der Waals surface area contributed by atoms with Crippen molar-refractivity contribution in [2.24, 2.45) is 7.05 Å². The maximum Gasteiger partial charge on any atom is 0.180 e. The van der Waals surface area contributed by atoms with Crippen LogP contribution >= 0.6 is 0 Å². The molecule has 2 aromatic rings. The van der Waals surface area contributed by atoms with Gasteiger partial charge in [-0.15, -0.1) is 0 Å². The third-order valence-electron chi connectivity index (χ3n) is 2.28. The second-order valence-corrected chi connectivity index (χ2v) is 3.39. The summed E-state index contributed by atoms with van der Waals surface area (Å²) in [5.41, 5.74) is 1.21. The molecule has 0 N–H and O–H groups in total. The van der Waals surface area contributed by atoms with Crippen LogP contribution in [-0.2, 0) is 7.05 Å². The van der Waals surface area contributed by atoms with Crippen molar-refractivity contribution < 1.29 is 4.79 Å². The van der Waals surface area contributed by atoms with Crippen LogP contribution in [0.1, 0.15) is 23.8 Å². The number of rotatable bonds is 3. The Morgan fingerprint density at radius 3 is 2.69 bits per heavy atom. The van der Waals surface area contributed by atoms with E-state index in [2.05, 4.69) is 15.1 Å². The summed E-state index contributed by atoms with van der Waals surface area (Å²) >= 11 is 0. The van der Waals surface area contributed by atoms with E-state index in [0.717, 1.165) is 0 Å². The van der Waals surface area contributed by atoms with Crippen LogP contribution in [0.15, 0.2) is 24.5 Å². The van der Waals surface area contributed by atoms with E-state index in [1.165, 1.54) is 0 Å². The second-order valence-electron chi connectivity index (χ2n) is 3.39. The first kappa shape index (κ1) is 10.5. The molecule has 0 saturated heterocycles. The van der Waals surface area contributed by atoms with Crippen LogP contribution in [0.3, 0.4) is 0 Å². The first-order valence-corrected chi connectivity index (χ1v) is 5.07. The quantitative estimate of drug-likeness (QED) is 0.729. The summed E-state index contributed by atoms with van der Waals surface area (Å²) in [4.78, 5) is 19.8. The Bertz CT molecular complexity index is 504. The monoisotopic (exact) mass is 216 g/mol. The number of aromatic nitrogens is 4. The number of aryl methyl sites for hydroxylation is 1. The molecule has 0 atom stereocenters. The molecule has 2 heterocycles. The van der Waals surface area contributed by atoms with Crippen molar-refractivity contribution >= 4 is 5.78 Å². The van der Waals surface area contributed by atoms with Crippen LogP contribution in [0, 0.1) is 0 Å². The molecule has 0 aliphatic carbocycles. The lowest BCUT2D eigenvalue weighted by Crippen LogP contribution is -2.04. The summed E-state index contributed by atoms with van der Waals surface area (Å²) in [5, 5.41) is 4.22. The highest BCUT2D eigenvalue weighted by Gasteiger charge is 2.13. The van der Waals surface area contributed by atoms with E-state index in [1.807, 2.05) is 6.92 Å². The summed E-state index contributed by atoms with van der Waals surface area (Å²) in [7, 11) is 1.75. The molecule has 82 valence electrons. The molecule has 5 heteroatoms. The molecule has 16 heavy (non-hydrogen) atoms. The molecule has 0 spiro atoms. The van der Waals surface area contributed by atoms with Gasteiger partial charge in [0.15, 0.2) is 11.6 Å². The normalized spacial score (nSPS) is 10.4. The zero-order valence-electron chi connectivity index (χ0n) is 9.21. The van der Waals surface area contributed by atoms with Crippen LogP contribution in [0.2, 0.25) is 0 Å². The van der Waals surface area contributed by atoms with Gasteiger partial charge in [0, 0.05) is 25.9 Å². The zero-order chi connectivity index (χ0) is 11.5. The predicted octanol–water partition coefficient (Wildman–Crippen LogP) is 1.47. The fraction of sp³-hybridized carbons (Fsp3) is 0.273. The fourth-order valence-electron chi connectivity index (χ4n) is 1.45. The number of nitrogens with zero attached hydrogens (tertiary/aromatic N) is 4. The predicted molar refractivity (Wildman–Crippen MR) is 58.9 cm³/mol. The van der Waals surface area contributed by atoms with E-state index in [4.69, 9.17) is 0 Å². The Morgan fingerprint density at radius 1 is 1.38 bits per heavy atom. The van der Waals surface area contributed by atoms with Gasteiger partial charge in [0.25, 0.3) is 0 Å². The Balaban J connectivity index is 2.42. The number of carbonyl (C=O) groups is 1. The van der Waals surface area contributed by atoms with E-state index in [-0.39, 0.29) is 5.78 Å². The largest absolute Gasteiger partial charge is 0.292 e. The lowest BCUT2D eigenvalue weighted by molar-refractivity contribution is 0.0979. The highest BCUT2D eigenvalue weighted by Crippen LogP contribution is 2.14. The highest BCUT2D eigenvalue weighted by atomic mass is 16.1. The number of hydrogen-bond donors (Lipinski definition) is 0. The standard InChI is InChI=1S/C11H12N4O/c1-3-10(16)9-7-8(14-15(9)2)11-12-5-4-6-13-11/h4-7H,3H2,1-2H3. The van der Waals surface area contributed by atoms with Gasteiger partial charge in [0.05, 0.1) is 0 Å². The van der Waals surface area contributed by atoms with Crippen molar-refractivity contribution in [1.82, 2.24) is 19.7 Å². The SMILES string of the molecule is CCC(=O)c1cc(-c2ncccn2)nn1C. The van der Waals surface area contributed by atoms with E-state index in [1.54, 1.807) is 36.3 Å². The minimum Gasteiger partial charge on any atom is -0.292 e. The van der Waals surface area contributed by atoms with Crippen molar-refractivity contribution in [3.8, 4) is 11.5 Å². The first-order valence-electron chi connectivity index (χ1n) is 5.07. The number of hydrogen-bond acceptors (Lipinski definition) is 4. The number of Topliss-reactive ketones (excluding diaryl/α,β-unsaturated/α-hetero) is 1. The molecule has 0 fully saturated rings. The zero-order valence-corrected chi connectivity index (χ0v) is 9.21. The van der Waals surface area contributed by atoms with Crippen LogP contribution in [0.25, 0.3) is 11.5 Å². The van der Waals surface area contributed by atoms with Crippen LogP contribution < -0.4 is 0 Å². The molecule has 2 aromatic heterocycles. The molecule has 0 unspecified atom stereocenters. The number of ketones is 1. The van der Waals surface area contributed by atoms with Crippen LogP contribution in [-0.4, -0.2) is 25.5 Å². The molecule has 2 rings (SSSR count).